The molecule has 4 aromatic heterocycles. The Morgan fingerprint density at radius 1 is 0.382 bits per heavy atom. The van der Waals surface area contributed by atoms with Crippen LogP contribution in [-0.2, 0) is 0 Å². The van der Waals surface area contributed by atoms with Crippen LogP contribution in [0.15, 0.2) is 187 Å². The second-order valence-electron chi connectivity index (χ2n) is 13.7. The highest BCUT2D eigenvalue weighted by Gasteiger charge is 2.20. The molecule has 0 fully saturated rings. The molecule has 0 atom stereocenters. The summed E-state index contributed by atoms with van der Waals surface area (Å²) in [5, 5.41) is 7.36. The summed E-state index contributed by atoms with van der Waals surface area (Å²) < 4.78 is 2.44. The number of nitrogens with zero attached hydrogens (tertiary/aromatic N) is 5. The molecule has 55 heavy (non-hydrogen) atoms. The maximum atomic E-state index is 5.08. The predicted molar refractivity (Wildman–Crippen MR) is 229 cm³/mol. The van der Waals surface area contributed by atoms with Crippen LogP contribution in [-0.4, -0.2) is 19.4 Å². The summed E-state index contributed by atoms with van der Waals surface area (Å²) in [6.45, 7) is 0. The van der Waals surface area contributed by atoms with Crippen molar-refractivity contribution in [3.63, 3.8) is 0 Å². The minimum atomic E-state index is 0.627. The molecule has 258 valence electrons. The van der Waals surface area contributed by atoms with Crippen molar-refractivity contribution in [2.75, 3.05) is 4.90 Å². The Morgan fingerprint density at radius 3 is 1.47 bits per heavy atom. The van der Waals surface area contributed by atoms with E-state index in [4.69, 9.17) is 15.0 Å². The lowest BCUT2D eigenvalue weighted by Crippen LogP contribution is -2.09. The normalized spacial score (nSPS) is 11.6. The molecule has 11 aromatic rings. The highest BCUT2D eigenvalue weighted by molar-refractivity contribution is 7.17. The fraction of sp³-hybridized carbons (Fsp3) is 0. The molecule has 4 heterocycles. The van der Waals surface area contributed by atoms with Gasteiger partial charge in [0.2, 0.25) is 0 Å². The van der Waals surface area contributed by atoms with Crippen LogP contribution in [0.2, 0.25) is 0 Å². The van der Waals surface area contributed by atoms with Gasteiger partial charge < -0.3 is 4.90 Å². The molecule has 0 unspecified atom stereocenters. The molecule has 0 saturated heterocycles. The second-order valence-corrected chi connectivity index (χ2v) is 14.6. The minimum absolute atomic E-state index is 0.627. The van der Waals surface area contributed by atoms with Gasteiger partial charge in [0.15, 0.2) is 17.5 Å². The molecular weight excluding hydrogens is 691 g/mol. The van der Waals surface area contributed by atoms with E-state index in [2.05, 4.69) is 154 Å². The summed E-state index contributed by atoms with van der Waals surface area (Å²) in [7, 11) is 0. The first-order valence-corrected chi connectivity index (χ1v) is 19.2. The summed E-state index contributed by atoms with van der Waals surface area (Å²) >= 11 is 1.80. The number of fused-ring (bicyclic) bond motifs is 6. The van der Waals surface area contributed by atoms with Crippen LogP contribution >= 0.6 is 11.3 Å². The molecule has 0 aliphatic heterocycles. The van der Waals surface area contributed by atoms with Crippen molar-refractivity contribution in [1.82, 2.24) is 19.4 Å². The van der Waals surface area contributed by atoms with Crippen LogP contribution in [0.1, 0.15) is 0 Å². The van der Waals surface area contributed by atoms with E-state index in [1.54, 1.807) is 11.3 Å². The molecule has 0 spiro atoms. The SMILES string of the molecule is c1ccc(-c2nc(-c3ccc(-c4cc5c6ccccc6n6c7sccc7c(c4)c56)cc3)nc(-c3ccc(N(c4ccccc4)c4ccccc4)cc3)n2)cc1. The van der Waals surface area contributed by atoms with Crippen molar-refractivity contribution < 1.29 is 0 Å². The third-order valence-electron chi connectivity index (χ3n) is 10.5. The molecular formula is C49H31N5S. The van der Waals surface area contributed by atoms with Crippen molar-refractivity contribution >= 4 is 65.8 Å². The van der Waals surface area contributed by atoms with Gasteiger partial charge in [-0.2, -0.15) is 0 Å². The Kier molecular flexibility index (Phi) is 7.28. The highest BCUT2D eigenvalue weighted by Crippen LogP contribution is 2.43. The average Bonchev–Trinajstić information content (AvgIpc) is 3.96. The lowest BCUT2D eigenvalue weighted by atomic mass is 9.99. The van der Waals surface area contributed by atoms with Gasteiger partial charge >= 0.3 is 0 Å². The highest BCUT2D eigenvalue weighted by atomic mass is 32.1. The molecule has 0 amide bonds. The van der Waals surface area contributed by atoms with Crippen LogP contribution in [0.3, 0.4) is 0 Å². The molecule has 0 aliphatic rings. The van der Waals surface area contributed by atoms with Crippen molar-refractivity contribution in [3.8, 4) is 45.3 Å². The standard InChI is InChI=1S/C49H31N5S/c1-4-12-33(13-5-1)46-50-47(52-48(51-46)35-24-26-39(27-25-35)53(37-14-6-2-7-15-37)38-16-8-3-9-17-38)34-22-20-32(21-23-34)36-30-42-40-18-10-11-19-44(40)54-45(42)43(31-36)41-28-29-55-49(41)54/h1-31H. The van der Waals surface area contributed by atoms with E-state index in [9.17, 15) is 0 Å². The van der Waals surface area contributed by atoms with Gasteiger partial charge in [0.05, 0.1) is 11.0 Å². The van der Waals surface area contributed by atoms with Crippen molar-refractivity contribution in [1.29, 1.82) is 0 Å². The maximum Gasteiger partial charge on any atom is 0.164 e. The third-order valence-corrected chi connectivity index (χ3v) is 11.4. The quantitative estimate of drug-likeness (QED) is 0.164. The van der Waals surface area contributed by atoms with E-state index < -0.39 is 0 Å². The summed E-state index contributed by atoms with van der Waals surface area (Å²) in [5.41, 5.74) is 10.9. The topological polar surface area (TPSA) is 46.3 Å². The maximum absolute atomic E-state index is 5.08. The number of benzene rings is 7. The first-order valence-electron chi connectivity index (χ1n) is 18.4. The molecule has 7 aromatic carbocycles. The Balaban J connectivity index is 0.990. The molecule has 0 aliphatic carbocycles. The van der Waals surface area contributed by atoms with Gasteiger partial charge in [0.25, 0.3) is 0 Å². The largest absolute Gasteiger partial charge is 0.311 e. The van der Waals surface area contributed by atoms with Crippen molar-refractivity contribution in [3.05, 3.63) is 187 Å². The second kappa shape index (κ2) is 12.8. The summed E-state index contributed by atoms with van der Waals surface area (Å²) in [6.07, 6.45) is 0. The van der Waals surface area contributed by atoms with Gasteiger partial charge in [0, 0.05) is 55.3 Å². The number of thiophene rings is 1. The fourth-order valence-corrected chi connectivity index (χ4v) is 8.82. The van der Waals surface area contributed by atoms with E-state index in [-0.39, 0.29) is 0 Å². The number of rotatable bonds is 7. The van der Waals surface area contributed by atoms with Gasteiger partial charge in [-0.1, -0.05) is 109 Å². The number of hydrogen-bond donors (Lipinski definition) is 0. The molecule has 11 rings (SSSR count). The van der Waals surface area contributed by atoms with Gasteiger partial charge in [-0.15, -0.1) is 11.3 Å². The van der Waals surface area contributed by atoms with Crippen LogP contribution in [0.25, 0.3) is 82.7 Å². The average molecular weight is 722 g/mol. The van der Waals surface area contributed by atoms with Crippen LogP contribution in [0.4, 0.5) is 17.1 Å². The third kappa shape index (κ3) is 5.26. The van der Waals surface area contributed by atoms with Gasteiger partial charge in [-0.05, 0) is 89.3 Å². The molecule has 5 nitrogen and oxygen atoms in total. The molecule has 0 saturated carbocycles. The minimum Gasteiger partial charge on any atom is -0.311 e. The van der Waals surface area contributed by atoms with Crippen molar-refractivity contribution in [2.45, 2.75) is 0 Å². The number of para-hydroxylation sites is 3. The zero-order valence-electron chi connectivity index (χ0n) is 29.5. The molecule has 0 N–H and O–H groups in total. The molecule has 0 radical (unpaired) electrons. The first-order chi connectivity index (χ1) is 27.3. The summed E-state index contributed by atoms with van der Waals surface area (Å²) in [4.78, 5) is 18.6. The summed E-state index contributed by atoms with van der Waals surface area (Å²) in [5.74, 6) is 1.90. The zero-order chi connectivity index (χ0) is 36.3. The van der Waals surface area contributed by atoms with E-state index in [1.165, 1.54) is 43.0 Å². The monoisotopic (exact) mass is 721 g/mol. The van der Waals surface area contributed by atoms with Crippen LogP contribution in [0.5, 0.6) is 0 Å². The smallest absolute Gasteiger partial charge is 0.164 e. The van der Waals surface area contributed by atoms with E-state index in [0.717, 1.165) is 39.3 Å². The fourth-order valence-electron chi connectivity index (χ4n) is 7.88. The molecule has 6 heteroatoms. The first kappa shape index (κ1) is 31.4. The van der Waals surface area contributed by atoms with Gasteiger partial charge in [-0.3, -0.25) is 4.40 Å². The number of hydrogen-bond acceptors (Lipinski definition) is 5. The number of aromatic nitrogens is 4. The van der Waals surface area contributed by atoms with Crippen LogP contribution in [0, 0.1) is 0 Å². The predicted octanol–water partition coefficient (Wildman–Crippen LogP) is 13.2. The van der Waals surface area contributed by atoms with E-state index in [1.807, 2.05) is 42.5 Å². The van der Waals surface area contributed by atoms with E-state index >= 15 is 0 Å². The van der Waals surface area contributed by atoms with Crippen molar-refractivity contribution in [2.24, 2.45) is 0 Å². The molecule has 0 bridgehead atoms. The Labute approximate surface area is 321 Å². The number of anilines is 3. The van der Waals surface area contributed by atoms with Gasteiger partial charge in [0.1, 0.15) is 4.83 Å². The van der Waals surface area contributed by atoms with Gasteiger partial charge in [-0.25, -0.2) is 15.0 Å². The Morgan fingerprint density at radius 2 is 0.855 bits per heavy atom. The Bertz CT molecular complexity index is 3080. The lowest BCUT2D eigenvalue weighted by molar-refractivity contribution is 1.07. The summed E-state index contributed by atoms with van der Waals surface area (Å²) in [6, 6.07) is 63.8. The zero-order valence-corrected chi connectivity index (χ0v) is 30.4. The van der Waals surface area contributed by atoms with Crippen LogP contribution < -0.4 is 4.90 Å². The van der Waals surface area contributed by atoms with E-state index in [0.29, 0.717) is 17.5 Å². The lowest BCUT2D eigenvalue weighted by Gasteiger charge is -2.25. The Hall–Kier alpha value is -7.15.